The number of amides is 1. The van der Waals surface area contributed by atoms with Gasteiger partial charge in [-0.2, -0.15) is 0 Å². The quantitative estimate of drug-likeness (QED) is 0.403. The van der Waals surface area contributed by atoms with Crippen molar-refractivity contribution in [2.24, 2.45) is 0 Å². The van der Waals surface area contributed by atoms with E-state index in [0.717, 1.165) is 39.2 Å². The van der Waals surface area contributed by atoms with Crippen molar-refractivity contribution in [1.82, 2.24) is 4.98 Å². The van der Waals surface area contributed by atoms with E-state index in [2.05, 4.69) is 31.3 Å². The zero-order valence-corrected chi connectivity index (χ0v) is 18.3. The molecular weight excluding hydrogens is 384 g/mol. The zero-order chi connectivity index (χ0) is 22.0. The first-order valence-corrected chi connectivity index (χ1v) is 10.4. The van der Waals surface area contributed by atoms with Crippen LogP contribution in [0.2, 0.25) is 0 Å². The number of hydrogen-bond acceptors (Lipinski definition) is 3. The lowest BCUT2D eigenvalue weighted by atomic mass is 9.97. The summed E-state index contributed by atoms with van der Waals surface area (Å²) in [7, 11) is 1.64. The molecule has 0 bridgehead atoms. The van der Waals surface area contributed by atoms with E-state index in [9.17, 15) is 4.79 Å². The van der Waals surface area contributed by atoms with Crippen LogP contribution in [0.4, 0.5) is 5.69 Å². The Morgan fingerprint density at radius 1 is 0.935 bits per heavy atom. The summed E-state index contributed by atoms with van der Waals surface area (Å²) in [6, 6.07) is 23.5. The largest absolute Gasteiger partial charge is 0.497 e. The Morgan fingerprint density at radius 3 is 2.26 bits per heavy atom. The molecule has 3 aromatic carbocycles. The monoisotopic (exact) mass is 410 g/mol. The number of anilines is 1. The molecule has 1 heterocycles. The van der Waals surface area contributed by atoms with Gasteiger partial charge in [-0.3, -0.25) is 4.79 Å². The maximum absolute atomic E-state index is 13.4. The summed E-state index contributed by atoms with van der Waals surface area (Å²) in [4.78, 5) is 18.3. The SMILES string of the molecule is COc1ccc(-c2nc3ccccc3c(C(=O)Nc3ccc(C(C)C)cc3)c2C)cc1. The van der Waals surface area contributed by atoms with E-state index in [-0.39, 0.29) is 5.91 Å². The van der Waals surface area contributed by atoms with Crippen molar-refractivity contribution in [2.45, 2.75) is 26.7 Å². The number of aromatic nitrogens is 1. The fraction of sp³-hybridized carbons (Fsp3) is 0.185. The van der Waals surface area contributed by atoms with E-state index >= 15 is 0 Å². The second-order valence-corrected chi connectivity index (χ2v) is 7.94. The number of carbonyl (C=O) groups excluding carboxylic acids is 1. The highest BCUT2D eigenvalue weighted by Gasteiger charge is 2.19. The van der Waals surface area contributed by atoms with Crippen molar-refractivity contribution in [3.63, 3.8) is 0 Å². The van der Waals surface area contributed by atoms with Gasteiger partial charge < -0.3 is 10.1 Å². The minimum Gasteiger partial charge on any atom is -0.497 e. The van der Waals surface area contributed by atoms with E-state index in [0.29, 0.717) is 11.5 Å². The van der Waals surface area contributed by atoms with Gasteiger partial charge >= 0.3 is 0 Å². The molecule has 0 aliphatic heterocycles. The van der Waals surface area contributed by atoms with Gasteiger partial charge in [0, 0.05) is 16.6 Å². The van der Waals surface area contributed by atoms with Gasteiger partial charge in [0.2, 0.25) is 0 Å². The summed E-state index contributed by atoms with van der Waals surface area (Å²) in [5, 5.41) is 3.91. The fourth-order valence-corrected chi connectivity index (χ4v) is 3.77. The van der Waals surface area contributed by atoms with Crippen LogP contribution in [0.1, 0.15) is 41.3 Å². The Labute approximate surface area is 182 Å². The minimum absolute atomic E-state index is 0.136. The molecule has 31 heavy (non-hydrogen) atoms. The zero-order valence-electron chi connectivity index (χ0n) is 18.3. The average Bonchev–Trinajstić information content (AvgIpc) is 2.79. The van der Waals surface area contributed by atoms with Crippen LogP contribution in [-0.2, 0) is 0 Å². The van der Waals surface area contributed by atoms with E-state index in [1.807, 2.05) is 67.6 Å². The summed E-state index contributed by atoms with van der Waals surface area (Å²) in [6.45, 7) is 6.26. The Balaban J connectivity index is 1.78. The third-order valence-corrected chi connectivity index (χ3v) is 5.56. The normalized spacial score (nSPS) is 11.0. The van der Waals surface area contributed by atoms with Gasteiger partial charge in [-0.05, 0) is 66.4 Å². The first-order valence-electron chi connectivity index (χ1n) is 10.4. The molecule has 0 unspecified atom stereocenters. The topological polar surface area (TPSA) is 51.2 Å². The molecule has 0 radical (unpaired) electrons. The molecule has 156 valence electrons. The van der Waals surface area contributed by atoms with E-state index in [1.165, 1.54) is 5.56 Å². The van der Waals surface area contributed by atoms with Crippen LogP contribution in [0.25, 0.3) is 22.2 Å². The molecule has 0 atom stereocenters. The molecular formula is C27H26N2O2. The van der Waals surface area contributed by atoms with Crippen LogP contribution in [0.15, 0.2) is 72.8 Å². The number of carbonyl (C=O) groups is 1. The number of para-hydroxylation sites is 1. The Bertz CT molecular complexity index is 1230. The average molecular weight is 411 g/mol. The number of hydrogen-bond donors (Lipinski definition) is 1. The van der Waals surface area contributed by atoms with Gasteiger partial charge in [0.15, 0.2) is 0 Å². The predicted octanol–water partition coefficient (Wildman–Crippen LogP) is 6.59. The smallest absolute Gasteiger partial charge is 0.256 e. The van der Waals surface area contributed by atoms with Crippen LogP contribution in [0, 0.1) is 6.92 Å². The molecule has 0 spiro atoms. The van der Waals surface area contributed by atoms with Crippen LogP contribution >= 0.6 is 0 Å². The van der Waals surface area contributed by atoms with Crippen molar-refractivity contribution >= 4 is 22.5 Å². The second kappa shape index (κ2) is 8.60. The van der Waals surface area contributed by atoms with Crippen molar-refractivity contribution in [3.8, 4) is 17.0 Å². The lowest BCUT2D eigenvalue weighted by molar-refractivity contribution is 0.102. The molecule has 4 heteroatoms. The van der Waals surface area contributed by atoms with Gasteiger partial charge in [-0.1, -0.05) is 44.2 Å². The highest BCUT2D eigenvalue weighted by molar-refractivity contribution is 6.14. The van der Waals surface area contributed by atoms with Crippen LogP contribution in [-0.4, -0.2) is 18.0 Å². The molecule has 4 nitrogen and oxygen atoms in total. The molecule has 0 fully saturated rings. The number of nitrogens with one attached hydrogen (secondary N) is 1. The first-order chi connectivity index (χ1) is 15.0. The third-order valence-electron chi connectivity index (χ3n) is 5.56. The molecule has 1 aromatic heterocycles. The molecule has 0 aliphatic carbocycles. The van der Waals surface area contributed by atoms with E-state index in [4.69, 9.17) is 9.72 Å². The number of methoxy groups -OCH3 is 1. The van der Waals surface area contributed by atoms with Gasteiger partial charge in [0.25, 0.3) is 5.91 Å². The molecule has 0 saturated carbocycles. The summed E-state index contributed by atoms with van der Waals surface area (Å²) >= 11 is 0. The standard InChI is InChI=1S/C27H26N2O2/c1-17(2)19-9-13-21(14-10-19)28-27(30)25-18(3)26(20-11-15-22(31-4)16-12-20)29-24-8-6-5-7-23(24)25/h5-17H,1-4H3,(H,28,30). The maximum atomic E-state index is 13.4. The van der Waals surface area contributed by atoms with Gasteiger partial charge in [-0.25, -0.2) is 4.98 Å². The number of nitrogens with zero attached hydrogens (tertiary/aromatic N) is 1. The van der Waals surface area contributed by atoms with E-state index in [1.54, 1.807) is 7.11 Å². The number of benzene rings is 3. The van der Waals surface area contributed by atoms with Crippen molar-refractivity contribution < 1.29 is 9.53 Å². The Morgan fingerprint density at radius 2 is 1.61 bits per heavy atom. The highest BCUT2D eigenvalue weighted by Crippen LogP contribution is 2.31. The fourth-order valence-electron chi connectivity index (χ4n) is 3.77. The molecule has 4 aromatic rings. The van der Waals surface area contributed by atoms with Crippen molar-refractivity contribution in [2.75, 3.05) is 12.4 Å². The summed E-state index contributed by atoms with van der Waals surface area (Å²) < 4.78 is 5.27. The minimum atomic E-state index is -0.136. The first kappa shape index (κ1) is 20.6. The Kier molecular flexibility index (Phi) is 5.72. The Hall–Kier alpha value is -3.66. The van der Waals surface area contributed by atoms with E-state index < -0.39 is 0 Å². The maximum Gasteiger partial charge on any atom is 0.256 e. The summed E-state index contributed by atoms with van der Waals surface area (Å²) in [5.74, 6) is 1.09. The van der Waals surface area contributed by atoms with Crippen LogP contribution in [0.5, 0.6) is 5.75 Å². The number of rotatable bonds is 5. The van der Waals surface area contributed by atoms with Gasteiger partial charge in [0.1, 0.15) is 5.75 Å². The van der Waals surface area contributed by atoms with Gasteiger partial charge in [0.05, 0.1) is 23.9 Å². The molecule has 0 saturated heterocycles. The highest BCUT2D eigenvalue weighted by atomic mass is 16.5. The van der Waals surface area contributed by atoms with Crippen LogP contribution < -0.4 is 10.1 Å². The number of ether oxygens (including phenoxy) is 1. The molecule has 4 rings (SSSR count). The lowest BCUT2D eigenvalue weighted by Crippen LogP contribution is -2.15. The number of pyridine rings is 1. The third kappa shape index (κ3) is 4.15. The predicted molar refractivity (Wildman–Crippen MR) is 127 cm³/mol. The molecule has 1 amide bonds. The summed E-state index contributed by atoms with van der Waals surface area (Å²) in [6.07, 6.45) is 0. The summed E-state index contributed by atoms with van der Waals surface area (Å²) in [5.41, 5.74) is 6.04. The van der Waals surface area contributed by atoms with Gasteiger partial charge in [-0.15, -0.1) is 0 Å². The van der Waals surface area contributed by atoms with Crippen LogP contribution in [0.3, 0.4) is 0 Å². The lowest BCUT2D eigenvalue weighted by Gasteiger charge is -2.15. The second-order valence-electron chi connectivity index (χ2n) is 7.94. The molecule has 1 N–H and O–H groups in total. The van der Waals surface area contributed by atoms with Crippen molar-refractivity contribution in [1.29, 1.82) is 0 Å². The van der Waals surface area contributed by atoms with Crippen molar-refractivity contribution in [3.05, 3.63) is 89.5 Å². The number of fused-ring (bicyclic) bond motifs is 1. The molecule has 0 aliphatic rings.